The monoisotopic (exact) mass is 339 g/mol. The number of rotatable bonds is 4. The molecule has 0 aliphatic rings. The highest BCUT2D eigenvalue weighted by Crippen LogP contribution is 2.29. The van der Waals surface area contributed by atoms with E-state index < -0.39 is 0 Å². The van der Waals surface area contributed by atoms with E-state index in [0.717, 1.165) is 38.5 Å². The van der Waals surface area contributed by atoms with Crippen molar-refractivity contribution in [1.82, 2.24) is 0 Å². The molecule has 2 rings (SSSR count). The molecule has 0 fully saturated rings. The van der Waals surface area contributed by atoms with E-state index >= 15 is 0 Å². The van der Waals surface area contributed by atoms with Crippen LogP contribution >= 0.6 is 27.5 Å². The van der Waals surface area contributed by atoms with Gasteiger partial charge >= 0.3 is 0 Å². The lowest BCUT2D eigenvalue weighted by atomic mass is 10.1. The summed E-state index contributed by atoms with van der Waals surface area (Å²) < 4.78 is 6.81. The highest BCUT2D eigenvalue weighted by Gasteiger charge is 2.04. The first-order valence-electron chi connectivity index (χ1n) is 6.08. The largest absolute Gasteiger partial charge is 0.457 e. The summed E-state index contributed by atoms with van der Waals surface area (Å²) in [6.07, 6.45) is 0.878. The Kier molecular flexibility index (Phi) is 4.86. The Balaban J connectivity index is 2.28. The summed E-state index contributed by atoms with van der Waals surface area (Å²) in [4.78, 5) is 0. The van der Waals surface area contributed by atoms with Gasteiger partial charge in [0.2, 0.25) is 0 Å². The lowest BCUT2D eigenvalue weighted by Crippen LogP contribution is -1.96. The summed E-state index contributed by atoms with van der Waals surface area (Å²) in [5.41, 5.74) is 7.75. The quantitative estimate of drug-likeness (QED) is 0.857. The molecule has 0 aliphatic heterocycles. The molecule has 0 aliphatic carbocycles. The van der Waals surface area contributed by atoms with Gasteiger partial charge in [0.25, 0.3) is 0 Å². The second-order valence-electron chi connectivity index (χ2n) is 4.21. The molecule has 100 valence electrons. The molecule has 0 unspecified atom stereocenters. The molecule has 2 N–H and O–H groups in total. The minimum Gasteiger partial charge on any atom is -0.457 e. The molecule has 0 atom stereocenters. The van der Waals surface area contributed by atoms with Gasteiger partial charge in [-0.1, -0.05) is 34.5 Å². The zero-order valence-corrected chi connectivity index (χ0v) is 13.0. The molecule has 0 amide bonds. The normalized spacial score (nSPS) is 10.5. The van der Waals surface area contributed by atoms with Crippen molar-refractivity contribution >= 4 is 27.5 Å². The summed E-state index contributed by atoms with van der Waals surface area (Å²) in [5.74, 6) is 1.54. The fourth-order valence-electron chi connectivity index (χ4n) is 1.82. The van der Waals surface area contributed by atoms with Crippen molar-refractivity contribution in [3.63, 3.8) is 0 Å². The summed E-state index contributed by atoms with van der Waals surface area (Å²) in [6, 6.07) is 11.5. The Morgan fingerprint density at radius 1 is 1.16 bits per heavy atom. The van der Waals surface area contributed by atoms with Gasteiger partial charge in [-0.25, -0.2) is 0 Å². The highest BCUT2D eigenvalue weighted by atomic mass is 79.9. The van der Waals surface area contributed by atoms with Crippen molar-refractivity contribution in [2.24, 2.45) is 5.73 Å². The van der Waals surface area contributed by atoms with Crippen LogP contribution in [0.25, 0.3) is 0 Å². The maximum atomic E-state index is 6.09. The second kappa shape index (κ2) is 6.42. The van der Waals surface area contributed by atoms with Crippen LogP contribution in [0.15, 0.2) is 40.9 Å². The third kappa shape index (κ3) is 3.72. The lowest BCUT2D eigenvalue weighted by Gasteiger charge is -2.10. The van der Waals surface area contributed by atoms with Gasteiger partial charge in [0.15, 0.2) is 0 Å². The van der Waals surface area contributed by atoms with Crippen molar-refractivity contribution in [3.05, 3.63) is 57.0 Å². The van der Waals surface area contributed by atoms with E-state index in [-0.39, 0.29) is 0 Å². The molecule has 2 aromatic rings. The van der Waals surface area contributed by atoms with Crippen molar-refractivity contribution in [1.29, 1.82) is 0 Å². The topological polar surface area (TPSA) is 35.2 Å². The van der Waals surface area contributed by atoms with E-state index in [0.29, 0.717) is 6.54 Å². The number of benzene rings is 2. The Labute approximate surface area is 126 Å². The minimum absolute atomic E-state index is 0.483. The fraction of sp³-hybridized carbons (Fsp3) is 0.200. The van der Waals surface area contributed by atoms with Crippen LogP contribution in [-0.2, 0) is 13.0 Å². The predicted octanol–water partition coefficient (Wildman–Crippen LogP) is 4.92. The van der Waals surface area contributed by atoms with Crippen LogP contribution < -0.4 is 10.5 Å². The van der Waals surface area contributed by atoms with Crippen molar-refractivity contribution in [2.75, 3.05) is 0 Å². The summed E-state index contributed by atoms with van der Waals surface area (Å²) >= 11 is 9.54. The molecule has 0 saturated carbocycles. The van der Waals surface area contributed by atoms with Gasteiger partial charge in [-0.15, -0.1) is 0 Å². The van der Waals surface area contributed by atoms with E-state index in [4.69, 9.17) is 22.1 Å². The van der Waals surface area contributed by atoms with E-state index in [9.17, 15) is 0 Å². The van der Waals surface area contributed by atoms with Crippen LogP contribution in [0.2, 0.25) is 5.02 Å². The van der Waals surface area contributed by atoms with Crippen LogP contribution in [0.3, 0.4) is 0 Å². The van der Waals surface area contributed by atoms with Crippen LogP contribution in [0.5, 0.6) is 11.5 Å². The van der Waals surface area contributed by atoms with Crippen molar-refractivity contribution < 1.29 is 4.74 Å². The van der Waals surface area contributed by atoms with Gasteiger partial charge in [0, 0.05) is 16.0 Å². The Hall–Kier alpha value is -1.03. The SMILES string of the molecule is CCc1cc(Oc2cc(Br)cc(CN)c2)ccc1Cl. The van der Waals surface area contributed by atoms with Crippen molar-refractivity contribution in [3.8, 4) is 11.5 Å². The predicted molar refractivity (Wildman–Crippen MR) is 82.9 cm³/mol. The van der Waals surface area contributed by atoms with E-state index in [1.807, 2.05) is 36.4 Å². The lowest BCUT2D eigenvalue weighted by molar-refractivity contribution is 0.481. The Morgan fingerprint density at radius 3 is 2.63 bits per heavy atom. The van der Waals surface area contributed by atoms with Gasteiger partial charge in [-0.3, -0.25) is 0 Å². The zero-order valence-electron chi connectivity index (χ0n) is 10.6. The fourth-order valence-corrected chi connectivity index (χ4v) is 2.59. The zero-order chi connectivity index (χ0) is 13.8. The molecule has 2 aromatic carbocycles. The van der Waals surface area contributed by atoms with Crippen LogP contribution in [0.4, 0.5) is 0 Å². The molecule has 4 heteroatoms. The van der Waals surface area contributed by atoms with Gasteiger partial charge in [-0.05, 0) is 53.9 Å². The molecule has 0 saturated heterocycles. The van der Waals surface area contributed by atoms with Crippen LogP contribution in [0, 0.1) is 0 Å². The smallest absolute Gasteiger partial charge is 0.128 e. The van der Waals surface area contributed by atoms with Gasteiger partial charge in [0.1, 0.15) is 11.5 Å². The maximum Gasteiger partial charge on any atom is 0.128 e. The van der Waals surface area contributed by atoms with Gasteiger partial charge < -0.3 is 10.5 Å². The standard InChI is InChI=1S/C15H15BrClNO/c1-2-11-7-13(3-4-15(11)17)19-14-6-10(9-18)5-12(16)8-14/h3-8H,2,9,18H2,1H3. The Bertz CT molecular complexity index is 586. The first kappa shape index (κ1) is 14.4. The molecular formula is C15H15BrClNO. The Morgan fingerprint density at radius 2 is 1.95 bits per heavy atom. The number of aryl methyl sites for hydroxylation is 1. The van der Waals surface area contributed by atoms with E-state index in [2.05, 4.69) is 22.9 Å². The molecule has 0 bridgehead atoms. The molecular weight excluding hydrogens is 326 g/mol. The number of hydrogen-bond acceptors (Lipinski definition) is 2. The number of hydrogen-bond donors (Lipinski definition) is 1. The average Bonchev–Trinajstić information content (AvgIpc) is 2.40. The molecule has 0 radical (unpaired) electrons. The van der Waals surface area contributed by atoms with Gasteiger partial charge in [0.05, 0.1) is 0 Å². The van der Waals surface area contributed by atoms with Crippen molar-refractivity contribution in [2.45, 2.75) is 19.9 Å². The maximum absolute atomic E-state index is 6.09. The first-order chi connectivity index (χ1) is 9.12. The third-order valence-electron chi connectivity index (χ3n) is 2.80. The molecule has 19 heavy (non-hydrogen) atoms. The number of ether oxygens (including phenoxy) is 1. The number of nitrogens with two attached hydrogens (primary N) is 1. The summed E-state index contributed by atoms with van der Waals surface area (Å²) in [5, 5.41) is 0.770. The average molecular weight is 341 g/mol. The molecule has 0 aromatic heterocycles. The van der Waals surface area contributed by atoms with E-state index in [1.54, 1.807) is 0 Å². The molecule has 0 spiro atoms. The third-order valence-corrected chi connectivity index (χ3v) is 3.63. The second-order valence-corrected chi connectivity index (χ2v) is 5.53. The summed E-state index contributed by atoms with van der Waals surface area (Å²) in [7, 11) is 0. The van der Waals surface area contributed by atoms with Crippen LogP contribution in [-0.4, -0.2) is 0 Å². The first-order valence-corrected chi connectivity index (χ1v) is 7.25. The molecule has 0 heterocycles. The highest BCUT2D eigenvalue weighted by molar-refractivity contribution is 9.10. The summed E-state index contributed by atoms with van der Waals surface area (Å²) in [6.45, 7) is 2.55. The number of halogens is 2. The van der Waals surface area contributed by atoms with E-state index in [1.165, 1.54) is 0 Å². The minimum atomic E-state index is 0.483. The van der Waals surface area contributed by atoms with Crippen LogP contribution in [0.1, 0.15) is 18.1 Å². The van der Waals surface area contributed by atoms with Gasteiger partial charge in [-0.2, -0.15) is 0 Å². The molecule has 2 nitrogen and oxygen atoms in total.